The molecule has 0 saturated heterocycles. The molecule has 0 aromatic carbocycles. The fraction of sp³-hybridized carbons (Fsp3) is 0.300. The lowest BCUT2D eigenvalue weighted by Crippen LogP contribution is -2.04. The van der Waals surface area contributed by atoms with Crippen LogP contribution < -0.4 is 0 Å². The maximum absolute atomic E-state index is 8.68. The van der Waals surface area contributed by atoms with E-state index in [2.05, 4.69) is 22.2 Å². The van der Waals surface area contributed by atoms with Crippen LogP contribution in [0.1, 0.15) is 6.42 Å². The molecule has 1 aliphatic carbocycles. The summed E-state index contributed by atoms with van der Waals surface area (Å²) in [6.45, 7) is 0.731. The maximum atomic E-state index is 8.68. The first kappa shape index (κ1) is 8.70. The van der Waals surface area contributed by atoms with Crippen LogP contribution in [0.3, 0.4) is 0 Å². The van der Waals surface area contributed by atoms with Gasteiger partial charge in [0.25, 0.3) is 0 Å². The third-order valence-electron chi connectivity index (χ3n) is 2.15. The van der Waals surface area contributed by atoms with Gasteiger partial charge in [-0.2, -0.15) is 10.4 Å². The number of allylic oxidation sites excluding steroid dienone is 4. The van der Waals surface area contributed by atoms with Crippen molar-refractivity contribution in [3.05, 3.63) is 36.5 Å². The second kappa shape index (κ2) is 3.88. The third-order valence-corrected chi connectivity index (χ3v) is 2.15. The topological polar surface area (TPSA) is 54.5 Å². The van der Waals surface area contributed by atoms with Crippen LogP contribution in [0.25, 0.3) is 0 Å². The van der Waals surface area contributed by atoms with Crippen LogP contribution in [-0.2, 0) is 6.54 Å². The van der Waals surface area contributed by atoms with Gasteiger partial charge in [0.05, 0.1) is 18.5 Å². The highest BCUT2D eigenvalue weighted by molar-refractivity contribution is 5.25. The smallest absolute Gasteiger partial charge is 0.137 e. The zero-order valence-electron chi connectivity index (χ0n) is 7.67. The fourth-order valence-electron chi connectivity index (χ4n) is 1.38. The second-order valence-corrected chi connectivity index (χ2v) is 3.20. The highest BCUT2D eigenvalue weighted by Gasteiger charge is 2.07. The number of hydrogen-bond acceptors (Lipinski definition) is 3. The van der Waals surface area contributed by atoms with Crippen LogP contribution in [0, 0.1) is 17.2 Å². The molecule has 0 bridgehead atoms. The summed E-state index contributed by atoms with van der Waals surface area (Å²) < 4.78 is 1.77. The minimum absolute atomic E-state index is 0.0366. The first-order valence-electron chi connectivity index (χ1n) is 4.48. The van der Waals surface area contributed by atoms with E-state index in [-0.39, 0.29) is 5.92 Å². The highest BCUT2D eigenvalue weighted by atomic mass is 15.3. The molecular formula is C10H10N4. The van der Waals surface area contributed by atoms with E-state index in [1.807, 2.05) is 12.2 Å². The maximum Gasteiger partial charge on any atom is 0.137 e. The molecule has 4 nitrogen and oxygen atoms in total. The molecule has 1 aromatic rings. The van der Waals surface area contributed by atoms with Crippen LogP contribution in [-0.4, -0.2) is 14.8 Å². The normalized spacial score (nSPS) is 20.2. The molecule has 0 N–H and O–H groups in total. The Morgan fingerprint density at radius 1 is 1.64 bits per heavy atom. The first-order chi connectivity index (χ1) is 6.88. The molecule has 0 radical (unpaired) electrons. The molecule has 1 heterocycles. The SMILES string of the molecule is N#CC1C=CC(Cn2cncn2)=CC1. The van der Waals surface area contributed by atoms with E-state index in [4.69, 9.17) is 5.26 Å². The molecule has 0 fully saturated rings. The van der Waals surface area contributed by atoms with Gasteiger partial charge in [-0.15, -0.1) is 0 Å². The van der Waals surface area contributed by atoms with E-state index >= 15 is 0 Å². The molecule has 14 heavy (non-hydrogen) atoms. The summed E-state index contributed by atoms with van der Waals surface area (Å²) in [5.74, 6) is 0.0366. The van der Waals surface area contributed by atoms with Crippen molar-refractivity contribution in [1.29, 1.82) is 5.26 Å². The van der Waals surface area contributed by atoms with Crippen molar-refractivity contribution < 1.29 is 0 Å². The van der Waals surface area contributed by atoms with Crippen LogP contribution in [0.2, 0.25) is 0 Å². The zero-order chi connectivity index (χ0) is 9.80. The number of rotatable bonds is 2. The molecule has 70 valence electrons. The van der Waals surface area contributed by atoms with Crippen molar-refractivity contribution >= 4 is 0 Å². The monoisotopic (exact) mass is 186 g/mol. The first-order valence-corrected chi connectivity index (χ1v) is 4.48. The lowest BCUT2D eigenvalue weighted by atomic mass is 9.98. The number of aromatic nitrogens is 3. The van der Waals surface area contributed by atoms with Gasteiger partial charge in [0.2, 0.25) is 0 Å². The van der Waals surface area contributed by atoms with Gasteiger partial charge in [-0.05, 0) is 12.0 Å². The van der Waals surface area contributed by atoms with Crippen molar-refractivity contribution in [1.82, 2.24) is 14.8 Å². The van der Waals surface area contributed by atoms with Gasteiger partial charge in [-0.3, -0.25) is 0 Å². The number of nitrogens with zero attached hydrogens (tertiary/aromatic N) is 4. The molecule has 0 saturated carbocycles. The number of nitriles is 1. The minimum atomic E-state index is 0.0366. The number of hydrogen-bond donors (Lipinski definition) is 0. The Morgan fingerprint density at radius 2 is 2.57 bits per heavy atom. The van der Waals surface area contributed by atoms with Crippen LogP contribution in [0.5, 0.6) is 0 Å². The fourth-order valence-corrected chi connectivity index (χ4v) is 1.38. The largest absolute Gasteiger partial charge is 0.249 e. The molecule has 1 aromatic heterocycles. The zero-order valence-corrected chi connectivity index (χ0v) is 7.67. The van der Waals surface area contributed by atoms with Crippen LogP contribution in [0.15, 0.2) is 36.5 Å². The molecule has 0 amide bonds. The van der Waals surface area contributed by atoms with Gasteiger partial charge in [-0.1, -0.05) is 18.2 Å². The summed E-state index contributed by atoms with van der Waals surface area (Å²) in [5.41, 5.74) is 1.18. The molecule has 0 aliphatic heterocycles. The molecule has 1 unspecified atom stereocenters. The van der Waals surface area contributed by atoms with Gasteiger partial charge >= 0.3 is 0 Å². The van der Waals surface area contributed by atoms with Crippen LogP contribution in [0.4, 0.5) is 0 Å². The summed E-state index contributed by atoms with van der Waals surface area (Å²) in [4.78, 5) is 3.87. The Hall–Kier alpha value is -1.89. The van der Waals surface area contributed by atoms with E-state index in [9.17, 15) is 0 Å². The van der Waals surface area contributed by atoms with E-state index in [0.717, 1.165) is 13.0 Å². The Bertz CT molecular complexity index is 394. The quantitative estimate of drug-likeness (QED) is 0.699. The van der Waals surface area contributed by atoms with Crippen molar-refractivity contribution in [2.24, 2.45) is 5.92 Å². The summed E-state index contributed by atoms with van der Waals surface area (Å²) in [5, 5.41) is 12.7. The Labute approximate surface area is 82.2 Å². The lowest BCUT2D eigenvalue weighted by molar-refractivity contribution is 0.673. The van der Waals surface area contributed by atoms with Crippen molar-refractivity contribution in [3.63, 3.8) is 0 Å². The van der Waals surface area contributed by atoms with Crippen molar-refractivity contribution in [2.75, 3.05) is 0 Å². The molecule has 2 rings (SSSR count). The standard InChI is InChI=1S/C10H10N4/c11-5-9-1-3-10(4-2-9)6-14-8-12-7-13-14/h1,3-4,7-9H,2,6H2. The van der Waals surface area contributed by atoms with Gasteiger partial charge in [0.1, 0.15) is 12.7 Å². The Balaban J connectivity index is 2.00. The summed E-state index contributed by atoms with van der Waals surface area (Å²) >= 11 is 0. The van der Waals surface area contributed by atoms with E-state index in [1.54, 1.807) is 11.0 Å². The Kier molecular flexibility index (Phi) is 2.41. The predicted molar refractivity (Wildman–Crippen MR) is 51.0 cm³/mol. The molecule has 4 heteroatoms. The van der Waals surface area contributed by atoms with Gasteiger partial charge in [0.15, 0.2) is 0 Å². The molecular weight excluding hydrogens is 176 g/mol. The van der Waals surface area contributed by atoms with E-state index in [1.165, 1.54) is 11.9 Å². The van der Waals surface area contributed by atoms with Crippen molar-refractivity contribution in [2.45, 2.75) is 13.0 Å². The van der Waals surface area contributed by atoms with Gasteiger partial charge in [0, 0.05) is 0 Å². The van der Waals surface area contributed by atoms with Crippen molar-refractivity contribution in [3.8, 4) is 6.07 Å². The Morgan fingerprint density at radius 3 is 3.14 bits per heavy atom. The predicted octanol–water partition coefficient (Wildman–Crippen LogP) is 1.30. The third kappa shape index (κ3) is 1.88. The second-order valence-electron chi connectivity index (χ2n) is 3.20. The highest BCUT2D eigenvalue weighted by Crippen LogP contribution is 2.16. The lowest BCUT2D eigenvalue weighted by Gasteiger charge is -2.09. The van der Waals surface area contributed by atoms with Gasteiger partial charge < -0.3 is 0 Å². The average Bonchev–Trinajstić information content (AvgIpc) is 2.72. The van der Waals surface area contributed by atoms with E-state index < -0.39 is 0 Å². The average molecular weight is 186 g/mol. The van der Waals surface area contributed by atoms with E-state index in [0.29, 0.717) is 0 Å². The summed E-state index contributed by atoms with van der Waals surface area (Å²) in [7, 11) is 0. The summed E-state index contributed by atoms with van der Waals surface area (Å²) in [6.07, 6.45) is 10.0. The van der Waals surface area contributed by atoms with Crippen LogP contribution >= 0.6 is 0 Å². The molecule has 0 spiro atoms. The molecule has 1 atom stereocenters. The van der Waals surface area contributed by atoms with Gasteiger partial charge in [-0.25, -0.2) is 9.67 Å². The molecule has 1 aliphatic rings. The summed E-state index contributed by atoms with van der Waals surface area (Å²) in [6, 6.07) is 2.22. The minimum Gasteiger partial charge on any atom is -0.249 e.